The van der Waals surface area contributed by atoms with Crippen LogP contribution in [0.4, 0.5) is 0 Å². The second kappa shape index (κ2) is 3.02. The molecule has 0 aliphatic heterocycles. The Hall–Kier alpha value is -0.560. The predicted molar refractivity (Wildman–Crippen MR) is 43.3 cm³/mol. The number of hydrogen-bond acceptors (Lipinski definition) is 1. The third kappa shape index (κ3) is 1.71. The van der Waals surface area contributed by atoms with E-state index in [-0.39, 0.29) is 10.7 Å². The van der Waals surface area contributed by atoms with Gasteiger partial charge in [0.2, 0.25) is 0 Å². The molecular weight excluding hydrogens is 146 g/mol. The smallest absolute Gasteiger partial charge is 0.0589 e. The first kappa shape index (κ1) is 2.49. The van der Waals surface area contributed by atoms with E-state index in [2.05, 4.69) is 4.98 Å². The molecule has 1 rings (SSSR count). The van der Waals surface area contributed by atoms with Crippen LogP contribution in [0.5, 0.6) is 0 Å². The van der Waals surface area contributed by atoms with Crippen LogP contribution in [0.1, 0.15) is 34.9 Å². The molecule has 2 heteroatoms. The van der Waals surface area contributed by atoms with Crippen molar-refractivity contribution in [2.75, 3.05) is 0 Å². The van der Waals surface area contributed by atoms with Gasteiger partial charge in [0.25, 0.3) is 0 Å². The fraction of sp³-hybridized carbons (Fsp3) is 0.375. The number of pyridine rings is 1. The van der Waals surface area contributed by atoms with Crippen LogP contribution in [0.2, 0.25) is 5.02 Å². The third-order valence-electron chi connectivity index (χ3n) is 0.984. The molecule has 0 radical (unpaired) electrons. The van der Waals surface area contributed by atoms with Crippen LogP contribution in [0, 0.1) is 0 Å². The van der Waals surface area contributed by atoms with Gasteiger partial charge in [0.1, 0.15) is 0 Å². The van der Waals surface area contributed by atoms with Crippen LogP contribution in [-0.4, -0.2) is 4.98 Å². The number of halogens is 1. The lowest BCUT2D eigenvalue weighted by atomic mass is 10.1. The SMILES string of the molecule is [2H]C([2H])([2H])C([2H])(c1ccc(Cl)cn1)C([2H])([2H])[2H]. The van der Waals surface area contributed by atoms with Crippen molar-refractivity contribution in [3.8, 4) is 0 Å². The second-order valence-corrected chi connectivity index (χ2v) is 2.17. The maximum absolute atomic E-state index is 7.80. The summed E-state index contributed by atoms with van der Waals surface area (Å²) in [5.41, 5.74) is -0.345. The van der Waals surface area contributed by atoms with Gasteiger partial charge >= 0.3 is 0 Å². The minimum Gasteiger partial charge on any atom is -0.259 e. The Balaban J connectivity index is 3.41. The van der Waals surface area contributed by atoms with E-state index in [0.717, 1.165) is 12.3 Å². The molecule has 0 aliphatic rings. The molecule has 0 aromatic carbocycles. The maximum atomic E-state index is 7.80. The molecule has 0 amide bonds. The van der Waals surface area contributed by atoms with Crippen molar-refractivity contribution in [3.05, 3.63) is 29.0 Å². The molecule has 0 bridgehead atoms. The van der Waals surface area contributed by atoms with Crippen LogP contribution in [0.15, 0.2) is 18.3 Å². The lowest BCUT2D eigenvalue weighted by molar-refractivity contribution is 0.823. The van der Waals surface area contributed by atoms with Crippen LogP contribution in [0.25, 0.3) is 0 Å². The number of rotatable bonds is 1. The third-order valence-corrected chi connectivity index (χ3v) is 1.21. The van der Waals surface area contributed by atoms with Gasteiger partial charge in [-0.15, -0.1) is 0 Å². The van der Waals surface area contributed by atoms with Crippen molar-refractivity contribution < 1.29 is 9.60 Å². The monoisotopic (exact) mass is 162 g/mol. The van der Waals surface area contributed by atoms with Crippen LogP contribution in [-0.2, 0) is 0 Å². The maximum Gasteiger partial charge on any atom is 0.0589 e. The number of hydrogen-bond donors (Lipinski definition) is 0. The molecule has 0 saturated carbocycles. The van der Waals surface area contributed by atoms with E-state index in [1.165, 1.54) is 6.07 Å². The highest BCUT2D eigenvalue weighted by molar-refractivity contribution is 6.30. The van der Waals surface area contributed by atoms with Gasteiger partial charge in [-0.25, -0.2) is 0 Å². The largest absolute Gasteiger partial charge is 0.259 e. The van der Waals surface area contributed by atoms with E-state index in [9.17, 15) is 0 Å². The highest BCUT2D eigenvalue weighted by Crippen LogP contribution is 2.13. The van der Waals surface area contributed by atoms with Gasteiger partial charge in [0.05, 0.1) is 5.02 Å². The highest BCUT2D eigenvalue weighted by atomic mass is 35.5. The van der Waals surface area contributed by atoms with Crippen molar-refractivity contribution in [2.45, 2.75) is 19.6 Å². The summed E-state index contributed by atoms with van der Waals surface area (Å²) >= 11 is 5.59. The lowest BCUT2D eigenvalue weighted by Gasteiger charge is -2.01. The Morgan fingerprint density at radius 2 is 2.50 bits per heavy atom. The Labute approximate surface area is 75.9 Å². The van der Waals surface area contributed by atoms with Gasteiger partial charge in [-0.1, -0.05) is 25.3 Å². The van der Waals surface area contributed by atoms with E-state index in [4.69, 9.17) is 21.2 Å². The number of aromatic nitrogens is 1. The van der Waals surface area contributed by atoms with Gasteiger partial charge < -0.3 is 0 Å². The Morgan fingerprint density at radius 3 is 3.00 bits per heavy atom. The van der Waals surface area contributed by atoms with E-state index in [1.807, 2.05) is 0 Å². The Morgan fingerprint density at radius 1 is 1.70 bits per heavy atom. The molecule has 1 aromatic rings. The summed E-state index contributed by atoms with van der Waals surface area (Å²) < 4.78 is 51.3. The number of nitrogens with zero attached hydrogens (tertiary/aromatic N) is 1. The summed E-state index contributed by atoms with van der Waals surface area (Å²) in [4.78, 5) is 3.64. The summed E-state index contributed by atoms with van der Waals surface area (Å²) in [6.07, 6.45) is 1.12. The molecule has 0 N–H and O–H groups in total. The first-order valence-electron chi connectivity index (χ1n) is 6.12. The van der Waals surface area contributed by atoms with Crippen molar-refractivity contribution >= 4 is 11.6 Å². The average Bonchev–Trinajstić information content (AvgIpc) is 2.14. The molecule has 10 heavy (non-hydrogen) atoms. The molecule has 0 saturated heterocycles. The molecule has 0 atom stereocenters. The van der Waals surface area contributed by atoms with Crippen molar-refractivity contribution in [1.29, 1.82) is 0 Å². The molecule has 1 nitrogen and oxygen atoms in total. The summed E-state index contributed by atoms with van der Waals surface area (Å²) in [6, 6.07) is 2.46. The fourth-order valence-corrected chi connectivity index (χ4v) is 0.635. The molecule has 1 heterocycles. The van der Waals surface area contributed by atoms with Crippen LogP contribution >= 0.6 is 11.6 Å². The first-order valence-corrected chi connectivity index (χ1v) is 3.00. The van der Waals surface area contributed by atoms with Gasteiger partial charge in [0.15, 0.2) is 0 Å². The quantitative estimate of drug-likeness (QED) is 0.619. The van der Waals surface area contributed by atoms with E-state index >= 15 is 0 Å². The van der Waals surface area contributed by atoms with Gasteiger partial charge in [-0.3, -0.25) is 4.98 Å². The lowest BCUT2D eigenvalue weighted by Crippen LogP contribution is -1.89. The first-order chi connectivity index (χ1) is 7.50. The normalized spacial score (nSPS) is 24.3. The second-order valence-electron chi connectivity index (χ2n) is 1.74. The molecule has 0 fully saturated rings. The highest BCUT2D eigenvalue weighted by Gasteiger charge is 1.97. The molecule has 1 aromatic heterocycles. The zero-order chi connectivity index (χ0) is 13.5. The van der Waals surface area contributed by atoms with E-state index in [1.54, 1.807) is 0 Å². The van der Waals surface area contributed by atoms with Crippen molar-refractivity contribution in [3.63, 3.8) is 0 Å². The minimum atomic E-state index is -3.01. The molecular formula is C8H10ClN. The fourth-order valence-electron chi connectivity index (χ4n) is 0.524. The average molecular weight is 163 g/mol. The summed E-state index contributed by atoms with van der Waals surface area (Å²) in [6.45, 7) is -6.03. The topological polar surface area (TPSA) is 12.9 Å². The summed E-state index contributed by atoms with van der Waals surface area (Å²) in [5.74, 6) is -2.76. The summed E-state index contributed by atoms with van der Waals surface area (Å²) in [7, 11) is 0. The Bertz CT molecular complexity index is 380. The van der Waals surface area contributed by atoms with Crippen molar-refractivity contribution in [1.82, 2.24) is 4.98 Å². The zero-order valence-corrected chi connectivity index (χ0v) is 5.81. The van der Waals surface area contributed by atoms with Crippen LogP contribution in [0.3, 0.4) is 0 Å². The Kier molecular flexibility index (Phi) is 0.751. The van der Waals surface area contributed by atoms with E-state index < -0.39 is 19.6 Å². The molecule has 0 unspecified atom stereocenters. The standard InChI is InChI=1S/C8H10ClN/c1-6(2)8-4-3-7(9)5-10-8/h3-6H,1-2H3/i1D3,2D3,6D. The molecule has 54 valence electrons. The van der Waals surface area contributed by atoms with Crippen molar-refractivity contribution in [2.24, 2.45) is 0 Å². The van der Waals surface area contributed by atoms with Gasteiger partial charge in [-0.05, 0) is 18.0 Å². The molecule has 0 spiro atoms. The predicted octanol–water partition coefficient (Wildman–Crippen LogP) is 2.86. The van der Waals surface area contributed by atoms with Gasteiger partial charge in [-0.2, -0.15) is 0 Å². The minimum absolute atomic E-state index is 0.243. The zero-order valence-electron chi connectivity index (χ0n) is 12.1. The molecule has 0 aliphatic carbocycles. The van der Waals surface area contributed by atoms with E-state index in [0.29, 0.717) is 0 Å². The summed E-state index contributed by atoms with van der Waals surface area (Å²) in [5, 5.41) is 0.243. The van der Waals surface area contributed by atoms with Crippen LogP contribution < -0.4 is 0 Å². The van der Waals surface area contributed by atoms with Gasteiger partial charge in [0, 0.05) is 21.5 Å².